The maximum Gasteiger partial charge on any atom is 0.267 e. The average molecular weight is 313 g/mol. The van der Waals surface area contributed by atoms with Crippen LogP contribution in [-0.4, -0.2) is 15.9 Å². The van der Waals surface area contributed by atoms with Gasteiger partial charge < -0.3 is 11.1 Å². The number of rotatable bonds is 2. The van der Waals surface area contributed by atoms with E-state index >= 15 is 0 Å². The highest BCUT2D eigenvalue weighted by atomic mass is 79.9. The molecule has 0 aromatic carbocycles. The molecule has 88 valence electrons. The Kier molecular flexibility index (Phi) is 3.39. The number of anilines is 2. The van der Waals surface area contributed by atoms with Gasteiger partial charge in [-0.05, 0) is 28.9 Å². The van der Waals surface area contributed by atoms with Crippen LogP contribution < -0.4 is 11.1 Å². The molecule has 0 aliphatic carbocycles. The van der Waals surface area contributed by atoms with Gasteiger partial charge in [-0.25, -0.2) is 4.98 Å². The minimum atomic E-state index is -0.219. The second kappa shape index (κ2) is 4.80. The lowest BCUT2D eigenvalue weighted by Gasteiger charge is -2.05. The number of halogens is 1. The number of nitrogens with zero attached hydrogens (tertiary/aromatic N) is 2. The van der Waals surface area contributed by atoms with E-state index in [1.165, 1.54) is 11.3 Å². The summed E-state index contributed by atoms with van der Waals surface area (Å²) in [6.45, 7) is 1.75. The number of carbonyl (C=O) groups excluding carboxylic acids is 1. The summed E-state index contributed by atoms with van der Waals surface area (Å²) in [5.74, 6) is -0.219. The molecule has 0 spiro atoms. The lowest BCUT2D eigenvalue weighted by Crippen LogP contribution is -2.12. The van der Waals surface area contributed by atoms with E-state index in [0.29, 0.717) is 21.4 Å². The number of nitrogens with one attached hydrogen (secondary N) is 1. The zero-order valence-corrected chi connectivity index (χ0v) is 11.3. The Hall–Kier alpha value is -1.47. The summed E-state index contributed by atoms with van der Waals surface area (Å²) in [6.07, 6.45) is 3.22. The minimum absolute atomic E-state index is 0.219. The van der Waals surface area contributed by atoms with E-state index < -0.39 is 0 Å². The Balaban J connectivity index is 2.23. The van der Waals surface area contributed by atoms with E-state index in [9.17, 15) is 4.79 Å². The van der Waals surface area contributed by atoms with Crippen LogP contribution in [0.5, 0.6) is 0 Å². The number of nitrogens with two attached hydrogens (primary N) is 1. The van der Waals surface area contributed by atoms with Crippen LogP contribution in [0.25, 0.3) is 0 Å². The van der Waals surface area contributed by atoms with Gasteiger partial charge in [-0.2, -0.15) is 0 Å². The van der Waals surface area contributed by atoms with Gasteiger partial charge in [0.15, 0.2) is 5.13 Å². The van der Waals surface area contributed by atoms with Crippen LogP contribution in [0.15, 0.2) is 22.9 Å². The number of hydrogen-bond acceptors (Lipinski definition) is 5. The van der Waals surface area contributed by atoms with Crippen molar-refractivity contribution in [1.82, 2.24) is 9.97 Å². The smallest absolute Gasteiger partial charge is 0.267 e. The molecule has 7 heteroatoms. The molecule has 0 aliphatic rings. The van der Waals surface area contributed by atoms with Gasteiger partial charge in [-0.3, -0.25) is 9.78 Å². The second-order valence-electron chi connectivity index (χ2n) is 3.28. The van der Waals surface area contributed by atoms with Crippen molar-refractivity contribution in [3.63, 3.8) is 0 Å². The number of pyridine rings is 1. The highest BCUT2D eigenvalue weighted by molar-refractivity contribution is 9.10. The number of aromatic nitrogens is 2. The van der Waals surface area contributed by atoms with Crippen LogP contribution >= 0.6 is 27.3 Å². The van der Waals surface area contributed by atoms with Crippen LogP contribution in [0.2, 0.25) is 0 Å². The zero-order valence-electron chi connectivity index (χ0n) is 8.90. The minimum Gasteiger partial charge on any atom is -0.375 e. The van der Waals surface area contributed by atoms with E-state index in [1.54, 1.807) is 25.4 Å². The third kappa shape index (κ3) is 2.62. The topological polar surface area (TPSA) is 80.9 Å². The van der Waals surface area contributed by atoms with Gasteiger partial charge in [0, 0.05) is 12.4 Å². The molecule has 0 saturated carbocycles. The molecule has 2 aromatic heterocycles. The SMILES string of the molecule is Cc1nc(N)sc1C(=O)Nc1ccncc1Br. The van der Waals surface area contributed by atoms with Crippen molar-refractivity contribution in [2.45, 2.75) is 6.92 Å². The first-order chi connectivity index (χ1) is 8.08. The summed E-state index contributed by atoms with van der Waals surface area (Å²) in [7, 11) is 0. The van der Waals surface area contributed by atoms with Crippen LogP contribution in [-0.2, 0) is 0 Å². The number of carbonyl (C=O) groups is 1. The van der Waals surface area contributed by atoms with Crippen LogP contribution in [0.3, 0.4) is 0 Å². The first-order valence-electron chi connectivity index (χ1n) is 4.71. The molecule has 0 unspecified atom stereocenters. The summed E-state index contributed by atoms with van der Waals surface area (Å²) < 4.78 is 0.725. The highest BCUT2D eigenvalue weighted by Crippen LogP contribution is 2.24. The van der Waals surface area contributed by atoms with Gasteiger partial charge in [0.05, 0.1) is 15.9 Å². The largest absolute Gasteiger partial charge is 0.375 e. The Morgan fingerprint density at radius 1 is 1.59 bits per heavy atom. The molecule has 0 radical (unpaired) electrons. The van der Waals surface area contributed by atoms with Crippen molar-refractivity contribution in [1.29, 1.82) is 0 Å². The van der Waals surface area contributed by atoms with Crippen molar-refractivity contribution in [2.24, 2.45) is 0 Å². The highest BCUT2D eigenvalue weighted by Gasteiger charge is 2.15. The molecule has 17 heavy (non-hydrogen) atoms. The van der Waals surface area contributed by atoms with Crippen molar-refractivity contribution >= 4 is 44.0 Å². The molecule has 2 heterocycles. The van der Waals surface area contributed by atoms with E-state index in [-0.39, 0.29) is 5.91 Å². The van der Waals surface area contributed by atoms with E-state index in [1.807, 2.05) is 0 Å². The third-order valence-corrected chi connectivity index (χ3v) is 3.66. The molecule has 0 atom stereocenters. The molecule has 3 N–H and O–H groups in total. The number of hydrogen-bond donors (Lipinski definition) is 2. The Labute approximate surface area is 110 Å². The molecular formula is C10H9BrN4OS. The molecule has 5 nitrogen and oxygen atoms in total. The monoisotopic (exact) mass is 312 g/mol. The Bertz CT molecular complexity index is 569. The number of aryl methyl sites for hydroxylation is 1. The molecule has 2 rings (SSSR count). The van der Waals surface area contributed by atoms with Gasteiger partial charge in [0.1, 0.15) is 4.88 Å². The molecule has 0 saturated heterocycles. The van der Waals surface area contributed by atoms with Crippen molar-refractivity contribution < 1.29 is 4.79 Å². The third-order valence-electron chi connectivity index (χ3n) is 2.04. The fourth-order valence-corrected chi connectivity index (χ4v) is 2.36. The van der Waals surface area contributed by atoms with E-state index in [2.05, 4.69) is 31.2 Å². The maximum absolute atomic E-state index is 12.0. The average Bonchev–Trinajstić information content (AvgIpc) is 2.61. The van der Waals surface area contributed by atoms with Crippen LogP contribution in [0.1, 0.15) is 15.4 Å². The fourth-order valence-electron chi connectivity index (χ4n) is 1.28. The number of nitrogen functional groups attached to an aromatic ring is 1. The lowest BCUT2D eigenvalue weighted by atomic mass is 10.3. The molecule has 1 amide bonds. The maximum atomic E-state index is 12.0. The predicted molar refractivity (Wildman–Crippen MR) is 71.2 cm³/mol. The zero-order chi connectivity index (χ0) is 12.4. The number of thiazole rings is 1. The van der Waals surface area contributed by atoms with Gasteiger partial charge in [0.2, 0.25) is 0 Å². The molecule has 0 bridgehead atoms. The van der Waals surface area contributed by atoms with Crippen molar-refractivity contribution in [2.75, 3.05) is 11.1 Å². The van der Waals surface area contributed by atoms with Gasteiger partial charge >= 0.3 is 0 Å². The summed E-state index contributed by atoms with van der Waals surface area (Å²) in [4.78, 5) is 20.4. The second-order valence-corrected chi connectivity index (χ2v) is 5.16. The normalized spacial score (nSPS) is 10.2. The first kappa shape index (κ1) is 12.0. The van der Waals surface area contributed by atoms with Gasteiger partial charge in [0.25, 0.3) is 5.91 Å². The molecule has 0 fully saturated rings. The van der Waals surface area contributed by atoms with E-state index in [4.69, 9.17) is 5.73 Å². The van der Waals surface area contributed by atoms with Crippen molar-refractivity contribution in [3.8, 4) is 0 Å². The number of amides is 1. The van der Waals surface area contributed by atoms with Gasteiger partial charge in [-0.15, -0.1) is 0 Å². The predicted octanol–water partition coefficient (Wildman–Crippen LogP) is 2.44. The summed E-state index contributed by atoms with van der Waals surface area (Å²) in [6, 6.07) is 1.71. The molecule has 0 aliphatic heterocycles. The Morgan fingerprint density at radius 3 is 2.94 bits per heavy atom. The summed E-state index contributed by atoms with van der Waals surface area (Å²) >= 11 is 4.48. The van der Waals surface area contributed by atoms with Gasteiger partial charge in [-0.1, -0.05) is 11.3 Å². The molecular weight excluding hydrogens is 304 g/mol. The fraction of sp³-hybridized carbons (Fsp3) is 0.100. The summed E-state index contributed by atoms with van der Waals surface area (Å²) in [5, 5.41) is 3.16. The van der Waals surface area contributed by atoms with Crippen molar-refractivity contribution in [3.05, 3.63) is 33.5 Å². The van der Waals surface area contributed by atoms with E-state index in [0.717, 1.165) is 4.47 Å². The lowest BCUT2D eigenvalue weighted by molar-refractivity contribution is 0.102. The first-order valence-corrected chi connectivity index (χ1v) is 6.32. The quantitative estimate of drug-likeness (QED) is 0.892. The van der Waals surface area contributed by atoms with Crippen LogP contribution in [0, 0.1) is 6.92 Å². The Morgan fingerprint density at radius 2 is 2.35 bits per heavy atom. The van der Waals surface area contributed by atoms with Crippen LogP contribution in [0.4, 0.5) is 10.8 Å². The molecule has 2 aromatic rings. The standard InChI is InChI=1S/C10H9BrN4OS/c1-5-8(17-10(12)14-5)9(16)15-7-2-3-13-4-6(7)11/h2-4H,1H3,(H2,12,14)(H,13,15,16). The summed E-state index contributed by atoms with van der Waals surface area (Å²) in [5.41, 5.74) is 6.85.